The Bertz CT molecular complexity index is 1180. The van der Waals surface area contributed by atoms with E-state index in [9.17, 15) is 9.59 Å². The summed E-state index contributed by atoms with van der Waals surface area (Å²) in [6, 6.07) is 0. The fourth-order valence-electron chi connectivity index (χ4n) is 2.33. The van der Waals surface area contributed by atoms with E-state index in [1.807, 2.05) is 55.6 Å². The van der Waals surface area contributed by atoms with Crippen LogP contribution in [-0.2, 0) is 29.1 Å². The van der Waals surface area contributed by atoms with Gasteiger partial charge in [-0.2, -0.15) is 0 Å². The molecule has 3 aromatic rings. The number of nitrogens with zero attached hydrogens (tertiary/aromatic N) is 3. The van der Waals surface area contributed by atoms with Crippen molar-refractivity contribution in [2.75, 3.05) is 30.1 Å². The molecule has 6 N–H and O–H groups in total. The van der Waals surface area contributed by atoms with Gasteiger partial charge in [0, 0.05) is 53.9 Å². The lowest BCUT2D eigenvalue weighted by atomic mass is 10.2. The minimum absolute atomic E-state index is 0. The number of carbonyl (C=O) groups is 2. The van der Waals surface area contributed by atoms with Crippen molar-refractivity contribution in [1.82, 2.24) is 25.6 Å². The van der Waals surface area contributed by atoms with Crippen LogP contribution in [-0.4, -0.2) is 57.8 Å². The molecule has 46 heavy (non-hydrogen) atoms. The molecule has 0 saturated carbocycles. The average Bonchev–Trinajstić information content (AvgIpc) is 3.66. The molecule has 3 rings (SSSR count). The molecule has 19 heteroatoms. The number of alkyl halides is 2. The van der Waals surface area contributed by atoms with Crippen LogP contribution in [0, 0.1) is 0 Å². The molecule has 268 valence electrons. The van der Waals surface area contributed by atoms with Gasteiger partial charge in [0.15, 0.2) is 14.7 Å². The molecular weight excluding hydrogens is 738 g/mol. The van der Waals surface area contributed by atoms with Crippen molar-refractivity contribution in [3.05, 3.63) is 37.7 Å². The summed E-state index contributed by atoms with van der Waals surface area (Å²) in [6.07, 6.45) is 4.30. The van der Waals surface area contributed by atoms with E-state index >= 15 is 0 Å². The molecule has 0 saturated heterocycles. The van der Waals surface area contributed by atoms with E-state index in [0.717, 1.165) is 24.9 Å². The number of rotatable bonds is 7. The highest BCUT2D eigenvalue weighted by atomic mass is 35.5. The summed E-state index contributed by atoms with van der Waals surface area (Å²) >= 11 is 19.6. The zero-order valence-electron chi connectivity index (χ0n) is 25.9. The minimum atomic E-state index is -0.477. The van der Waals surface area contributed by atoms with Gasteiger partial charge in [-0.1, -0.05) is 26.5 Å². The first-order chi connectivity index (χ1) is 20.0. The van der Waals surface area contributed by atoms with Crippen LogP contribution in [0.3, 0.4) is 0 Å². The van der Waals surface area contributed by atoms with Gasteiger partial charge in [0.05, 0.1) is 18.4 Å². The molecule has 3 aromatic heterocycles. The SMILES string of the molecule is C.C.CC(C)(C)OC(=O)NCc1cnc(Cl)s1.CNc1ncc(CN)s1.CNc1ncc(CNC(=O)OC(C)(C)C)s1.Cl.ClCCl. The summed E-state index contributed by atoms with van der Waals surface area (Å²) in [6.45, 7) is 12.4. The number of carbonyl (C=O) groups excluding carboxylic acids is 2. The van der Waals surface area contributed by atoms with E-state index in [-0.39, 0.29) is 32.6 Å². The molecule has 2 amide bonds. The lowest BCUT2D eigenvalue weighted by molar-refractivity contribution is 0.0512. The Hall–Kier alpha value is -1.85. The van der Waals surface area contributed by atoms with Crippen LogP contribution in [0.4, 0.5) is 19.9 Å². The van der Waals surface area contributed by atoms with Gasteiger partial charge >= 0.3 is 12.2 Å². The molecule has 0 aliphatic heterocycles. The molecule has 0 fully saturated rings. The van der Waals surface area contributed by atoms with Gasteiger partial charge in [-0.05, 0) is 41.5 Å². The van der Waals surface area contributed by atoms with Crippen LogP contribution in [0.2, 0.25) is 4.47 Å². The predicted molar refractivity (Wildman–Crippen MR) is 202 cm³/mol. The number of aromatic nitrogens is 3. The number of alkyl carbamates (subject to hydrolysis) is 2. The molecule has 0 unspecified atom stereocenters. The van der Waals surface area contributed by atoms with E-state index < -0.39 is 23.4 Å². The Balaban J connectivity index is -0.000000274. The fraction of sp³-hybridized carbons (Fsp3) is 0.593. The normalized spacial score (nSPS) is 9.74. The Kier molecular flexibility index (Phi) is 30.1. The summed E-state index contributed by atoms with van der Waals surface area (Å²) in [4.78, 5) is 37.6. The maximum absolute atomic E-state index is 11.3. The molecule has 0 aliphatic carbocycles. The first kappa shape index (κ1) is 51.0. The summed E-state index contributed by atoms with van der Waals surface area (Å²) in [5.74, 6) is 0. The Morgan fingerprint density at radius 2 is 1.11 bits per heavy atom. The van der Waals surface area contributed by atoms with E-state index in [1.165, 1.54) is 22.7 Å². The second-order valence-electron chi connectivity index (χ2n) is 9.86. The standard InChI is InChI=1S/C10H17N3O2S.C9H13ClN2O2S.C5H9N3S.CH2Cl2.2CH4.ClH/c1-10(2,3)15-9(14)13-6-7-5-12-8(11-4)16-7;1-9(2,3)14-8(13)12-5-6-4-11-7(10)15-6;1-7-5-8-3-4(2-6)9-5;2-1-3;;;/h5H,6H2,1-4H3,(H,11,12)(H,13,14);4H,5H2,1-3H3,(H,12,13);3H,2,6H2,1H3,(H,7,8);1H2;2*1H4;1H. The third-order valence-corrected chi connectivity index (χ3v) is 7.04. The summed E-state index contributed by atoms with van der Waals surface area (Å²) in [7, 11) is 3.66. The molecule has 0 atom stereocenters. The predicted octanol–water partition coefficient (Wildman–Crippen LogP) is 8.79. The van der Waals surface area contributed by atoms with Crippen molar-refractivity contribution in [3.8, 4) is 0 Å². The van der Waals surface area contributed by atoms with Gasteiger partial charge in [-0.3, -0.25) is 0 Å². The number of ether oxygens (including phenoxy) is 2. The highest BCUT2D eigenvalue weighted by Crippen LogP contribution is 2.18. The first-order valence-electron chi connectivity index (χ1n) is 12.7. The van der Waals surface area contributed by atoms with Gasteiger partial charge in [0.2, 0.25) is 0 Å². The topological polar surface area (TPSA) is 165 Å². The van der Waals surface area contributed by atoms with Gasteiger partial charge in [-0.15, -0.1) is 69.6 Å². The number of nitrogens with one attached hydrogen (secondary N) is 4. The summed E-state index contributed by atoms with van der Waals surface area (Å²) in [5, 5.41) is 13.1. The Morgan fingerprint density at radius 3 is 1.39 bits per heavy atom. The second kappa shape index (κ2) is 27.1. The minimum Gasteiger partial charge on any atom is -0.444 e. The lowest BCUT2D eigenvalue weighted by Gasteiger charge is -2.19. The third kappa shape index (κ3) is 27.3. The molecule has 3 heterocycles. The van der Waals surface area contributed by atoms with Crippen LogP contribution in [0.5, 0.6) is 0 Å². The third-order valence-electron chi connectivity index (χ3n) is 3.87. The number of nitrogens with two attached hydrogens (primary N) is 1. The maximum atomic E-state index is 11.3. The zero-order valence-corrected chi connectivity index (χ0v) is 31.4. The number of thiazole rings is 3. The number of hydrogen-bond acceptors (Lipinski definition) is 13. The van der Waals surface area contributed by atoms with Crippen molar-refractivity contribution in [2.24, 2.45) is 5.73 Å². The summed E-state index contributed by atoms with van der Waals surface area (Å²) in [5.41, 5.74) is 4.42. The van der Waals surface area contributed by atoms with E-state index in [2.05, 4.69) is 36.2 Å². The van der Waals surface area contributed by atoms with Gasteiger partial charge in [-0.25, -0.2) is 24.5 Å². The largest absolute Gasteiger partial charge is 0.444 e. The quantitative estimate of drug-likeness (QED) is 0.146. The Morgan fingerprint density at radius 1 is 0.761 bits per heavy atom. The summed E-state index contributed by atoms with van der Waals surface area (Å²) < 4.78 is 10.6. The second-order valence-corrected chi connectivity index (χ2v) is 14.6. The first-order valence-corrected chi connectivity index (χ1v) is 16.6. The highest BCUT2D eigenvalue weighted by molar-refractivity contribution is 7.16. The molecular formula is C27H50Cl4N8O4S3. The maximum Gasteiger partial charge on any atom is 0.407 e. The zero-order chi connectivity index (χ0) is 33.1. The highest BCUT2D eigenvalue weighted by Gasteiger charge is 2.16. The monoisotopic (exact) mass is 786 g/mol. The molecule has 0 aromatic carbocycles. The van der Waals surface area contributed by atoms with Crippen molar-refractivity contribution in [2.45, 2.75) is 87.2 Å². The average molecular weight is 789 g/mol. The number of hydrogen-bond donors (Lipinski definition) is 5. The molecule has 0 bridgehead atoms. The number of halogens is 4. The molecule has 12 nitrogen and oxygen atoms in total. The molecule has 0 aliphatic rings. The number of anilines is 2. The smallest absolute Gasteiger partial charge is 0.407 e. The van der Waals surface area contributed by atoms with Crippen LogP contribution in [0.1, 0.15) is 71.0 Å². The van der Waals surface area contributed by atoms with Gasteiger partial charge < -0.3 is 36.5 Å². The van der Waals surface area contributed by atoms with Crippen molar-refractivity contribution in [1.29, 1.82) is 0 Å². The fourth-order valence-corrected chi connectivity index (χ4v) is 4.60. The van der Waals surface area contributed by atoms with E-state index in [1.54, 1.807) is 29.9 Å². The van der Waals surface area contributed by atoms with Gasteiger partial charge in [0.1, 0.15) is 11.2 Å². The van der Waals surface area contributed by atoms with Crippen LogP contribution < -0.4 is 27.0 Å². The van der Waals surface area contributed by atoms with Crippen LogP contribution >= 0.6 is 81.2 Å². The van der Waals surface area contributed by atoms with Crippen LogP contribution in [0.15, 0.2) is 18.6 Å². The Labute approximate surface area is 307 Å². The van der Waals surface area contributed by atoms with Crippen molar-refractivity contribution >= 4 is 104 Å². The van der Waals surface area contributed by atoms with Crippen molar-refractivity contribution < 1.29 is 19.1 Å². The lowest BCUT2D eigenvalue weighted by Crippen LogP contribution is -2.31. The van der Waals surface area contributed by atoms with Crippen LogP contribution in [0.25, 0.3) is 0 Å². The van der Waals surface area contributed by atoms with E-state index in [4.69, 9.17) is 50.0 Å². The molecule has 0 radical (unpaired) electrons. The van der Waals surface area contributed by atoms with Crippen molar-refractivity contribution in [3.63, 3.8) is 0 Å². The molecule has 0 spiro atoms. The van der Waals surface area contributed by atoms with Gasteiger partial charge in [0.25, 0.3) is 0 Å². The number of amides is 2. The van der Waals surface area contributed by atoms with E-state index in [0.29, 0.717) is 24.1 Å².